The highest BCUT2D eigenvalue weighted by Gasteiger charge is 2.16. The fourth-order valence-corrected chi connectivity index (χ4v) is 3.24. The summed E-state index contributed by atoms with van der Waals surface area (Å²) in [7, 11) is -3.47. The number of halogens is 1. The number of amides is 1. The average Bonchev–Trinajstić information content (AvgIpc) is 2.52. The Bertz CT molecular complexity index is 728. The van der Waals surface area contributed by atoms with Crippen molar-refractivity contribution in [1.82, 2.24) is 5.32 Å². The third-order valence-electron chi connectivity index (χ3n) is 3.10. The van der Waals surface area contributed by atoms with E-state index >= 15 is 0 Å². The van der Waals surface area contributed by atoms with Crippen molar-refractivity contribution in [2.24, 2.45) is 0 Å². The van der Waals surface area contributed by atoms with Gasteiger partial charge in [-0.15, -0.1) is 0 Å². The van der Waals surface area contributed by atoms with Crippen molar-refractivity contribution in [1.29, 1.82) is 0 Å². The zero-order valence-corrected chi connectivity index (χ0v) is 13.4. The molecule has 6 heteroatoms. The predicted molar refractivity (Wildman–Crippen MR) is 86.4 cm³/mol. The van der Waals surface area contributed by atoms with Crippen LogP contribution in [0.1, 0.15) is 12.0 Å². The molecule has 0 atom stereocenters. The Morgan fingerprint density at radius 2 is 1.64 bits per heavy atom. The molecule has 116 valence electrons. The molecule has 1 amide bonds. The van der Waals surface area contributed by atoms with Crippen LogP contribution in [0.3, 0.4) is 0 Å². The van der Waals surface area contributed by atoms with Crippen molar-refractivity contribution in [3.05, 3.63) is 65.2 Å². The lowest BCUT2D eigenvalue weighted by Crippen LogP contribution is -2.25. The Morgan fingerprint density at radius 1 is 1.00 bits per heavy atom. The Balaban J connectivity index is 1.86. The van der Waals surface area contributed by atoms with Crippen LogP contribution in [0.4, 0.5) is 0 Å². The third-order valence-corrected chi connectivity index (χ3v) is 5.09. The SMILES string of the molecule is O=C(CCS(=O)(=O)c1ccc(Cl)cc1)NCc1ccccc1. The summed E-state index contributed by atoms with van der Waals surface area (Å²) in [5, 5.41) is 3.18. The molecule has 4 nitrogen and oxygen atoms in total. The predicted octanol–water partition coefficient (Wildman–Crippen LogP) is 2.82. The van der Waals surface area contributed by atoms with Gasteiger partial charge < -0.3 is 5.32 Å². The number of rotatable bonds is 6. The highest BCUT2D eigenvalue weighted by molar-refractivity contribution is 7.91. The van der Waals surface area contributed by atoms with Crippen LogP contribution >= 0.6 is 11.6 Å². The molecule has 0 fully saturated rings. The Kier molecular flexibility index (Phi) is 5.57. The summed E-state index contributed by atoms with van der Waals surface area (Å²) >= 11 is 5.73. The van der Waals surface area contributed by atoms with Gasteiger partial charge in [0.25, 0.3) is 0 Å². The number of sulfone groups is 1. The van der Waals surface area contributed by atoms with Gasteiger partial charge in [-0.2, -0.15) is 0 Å². The number of nitrogens with one attached hydrogen (secondary N) is 1. The van der Waals surface area contributed by atoms with Crippen molar-refractivity contribution in [2.75, 3.05) is 5.75 Å². The molecule has 0 aliphatic carbocycles. The first-order chi connectivity index (χ1) is 10.5. The zero-order chi connectivity index (χ0) is 16.0. The molecule has 0 radical (unpaired) electrons. The molecule has 0 aromatic heterocycles. The van der Waals surface area contributed by atoms with E-state index in [1.807, 2.05) is 30.3 Å². The molecular weight excluding hydrogens is 322 g/mol. The smallest absolute Gasteiger partial charge is 0.221 e. The number of hydrogen-bond acceptors (Lipinski definition) is 3. The maximum absolute atomic E-state index is 12.1. The standard InChI is InChI=1S/C16H16ClNO3S/c17-14-6-8-15(9-7-14)22(20,21)11-10-16(19)18-12-13-4-2-1-3-5-13/h1-9H,10-12H2,(H,18,19). The Hall–Kier alpha value is -1.85. The molecule has 2 aromatic carbocycles. The summed E-state index contributed by atoms with van der Waals surface area (Å²) in [5.41, 5.74) is 0.969. The van der Waals surface area contributed by atoms with Gasteiger partial charge in [-0.3, -0.25) is 4.79 Å². The molecule has 0 spiro atoms. The van der Waals surface area contributed by atoms with Gasteiger partial charge in [0.15, 0.2) is 9.84 Å². The summed E-state index contributed by atoms with van der Waals surface area (Å²) < 4.78 is 24.2. The van der Waals surface area contributed by atoms with Gasteiger partial charge >= 0.3 is 0 Å². The second-order valence-corrected chi connectivity index (χ2v) is 7.33. The van der Waals surface area contributed by atoms with Gasteiger partial charge in [-0.25, -0.2) is 8.42 Å². The Labute approximate surface area is 135 Å². The first-order valence-corrected chi connectivity index (χ1v) is 8.79. The lowest BCUT2D eigenvalue weighted by atomic mass is 10.2. The van der Waals surface area contributed by atoms with Gasteiger partial charge in [-0.05, 0) is 29.8 Å². The van der Waals surface area contributed by atoms with Gasteiger partial charge in [0.05, 0.1) is 10.6 Å². The van der Waals surface area contributed by atoms with Crippen LogP contribution in [0.2, 0.25) is 5.02 Å². The van der Waals surface area contributed by atoms with Crippen LogP contribution in [-0.4, -0.2) is 20.1 Å². The zero-order valence-electron chi connectivity index (χ0n) is 11.8. The second-order valence-electron chi connectivity index (χ2n) is 4.79. The van der Waals surface area contributed by atoms with Gasteiger partial charge in [-0.1, -0.05) is 41.9 Å². The van der Waals surface area contributed by atoms with E-state index in [4.69, 9.17) is 11.6 Å². The minimum atomic E-state index is -3.47. The lowest BCUT2D eigenvalue weighted by molar-refractivity contribution is -0.120. The number of carbonyl (C=O) groups excluding carboxylic acids is 1. The number of hydrogen-bond donors (Lipinski definition) is 1. The molecule has 22 heavy (non-hydrogen) atoms. The number of benzene rings is 2. The summed E-state index contributed by atoms with van der Waals surface area (Å²) in [6, 6.07) is 15.4. The van der Waals surface area contributed by atoms with E-state index in [1.165, 1.54) is 24.3 Å². The van der Waals surface area contributed by atoms with Crippen molar-refractivity contribution in [3.63, 3.8) is 0 Å². The van der Waals surface area contributed by atoms with Crippen molar-refractivity contribution < 1.29 is 13.2 Å². The molecule has 0 unspecified atom stereocenters. The fraction of sp³-hybridized carbons (Fsp3) is 0.188. The van der Waals surface area contributed by atoms with E-state index in [0.29, 0.717) is 11.6 Å². The number of carbonyl (C=O) groups is 1. The largest absolute Gasteiger partial charge is 0.352 e. The molecular formula is C16H16ClNO3S. The molecule has 0 aliphatic heterocycles. The summed E-state index contributed by atoms with van der Waals surface area (Å²) in [6.45, 7) is 0.390. The van der Waals surface area contributed by atoms with Gasteiger partial charge in [0.2, 0.25) is 5.91 Å². The summed E-state index contributed by atoms with van der Waals surface area (Å²) in [5.74, 6) is -0.517. The molecule has 1 N–H and O–H groups in total. The first kappa shape index (κ1) is 16.5. The minimum Gasteiger partial charge on any atom is -0.352 e. The van der Waals surface area contributed by atoms with Crippen LogP contribution < -0.4 is 5.32 Å². The highest BCUT2D eigenvalue weighted by atomic mass is 35.5. The molecule has 0 bridgehead atoms. The van der Waals surface area contributed by atoms with Crippen LogP contribution in [0.25, 0.3) is 0 Å². The molecule has 0 heterocycles. The van der Waals surface area contributed by atoms with E-state index < -0.39 is 9.84 Å². The second kappa shape index (κ2) is 7.42. The van der Waals surface area contributed by atoms with Crippen LogP contribution in [-0.2, 0) is 21.2 Å². The molecule has 2 aromatic rings. The maximum Gasteiger partial charge on any atom is 0.221 e. The van der Waals surface area contributed by atoms with E-state index in [-0.39, 0.29) is 23.0 Å². The maximum atomic E-state index is 12.1. The summed E-state index contributed by atoms with van der Waals surface area (Å²) in [6.07, 6.45) is -0.0716. The molecule has 2 rings (SSSR count). The quantitative estimate of drug-likeness (QED) is 0.881. The normalized spacial score (nSPS) is 11.1. The first-order valence-electron chi connectivity index (χ1n) is 6.76. The fourth-order valence-electron chi connectivity index (χ4n) is 1.87. The Morgan fingerprint density at radius 3 is 2.27 bits per heavy atom. The average molecular weight is 338 g/mol. The van der Waals surface area contributed by atoms with Crippen LogP contribution in [0, 0.1) is 0 Å². The van der Waals surface area contributed by atoms with E-state index in [2.05, 4.69) is 5.32 Å². The molecule has 0 saturated carbocycles. The third kappa shape index (κ3) is 4.86. The van der Waals surface area contributed by atoms with Gasteiger partial charge in [0.1, 0.15) is 0 Å². The summed E-state index contributed by atoms with van der Waals surface area (Å²) in [4.78, 5) is 11.9. The minimum absolute atomic E-state index is 0.0716. The van der Waals surface area contributed by atoms with Crippen LogP contribution in [0.15, 0.2) is 59.5 Å². The van der Waals surface area contributed by atoms with E-state index in [1.54, 1.807) is 0 Å². The lowest BCUT2D eigenvalue weighted by Gasteiger charge is -2.06. The monoisotopic (exact) mass is 337 g/mol. The molecule has 0 aliphatic rings. The van der Waals surface area contributed by atoms with E-state index in [0.717, 1.165) is 5.56 Å². The van der Waals surface area contributed by atoms with Crippen molar-refractivity contribution in [2.45, 2.75) is 17.9 Å². The topological polar surface area (TPSA) is 63.2 Å². The molecule has 0 saturated heterocycles. The van der Waals surface area contributed by atoms with Crippen molar-refractivity contribution >= 4 is 27.3 Å². The van der Waals surface area contributed by atoms with Crippen molar-refractivity contribution in [3.8, 4) is 0 Å². The highest BCUT2D eigenvalue weighted by Crippen LogP contribution is 2.16. The van der Waals surface area contributed by atoms with Crippen LogP contribution in [0.5, 0.6) is 0 Å². The van der Waals surface area contributed by atoms with Gasteiger partial charge in [0, 0.05) is 18.0 Å². The van der Waals surface area contributed by atoms with E-state index in [9.17, 15) is 13.2 Å².